The molecular weight excluding hydrogens is 804 g/mol. The third kappa shape index (κ3) is 5.42. The summed E-state index contributed by atoms with van der Waals surface area (Å²) in [5, 5.41) is 0. The third-order valence-electron chi connectivity index (χ3n) is 9.43. The summed E-state index contributed by atoms with van der Waals surface area (Å²) in [6, 6.07) is 6.49. The van der Waals surface area contributed by atoms with Crippen molar-refractivity contribution in [2.24, 2.45) is 0 Å². The van der Waals surface area contributed by atoms with E-state index in [1.54, 1.807) is 0 Å². The highest BCUT2D eigenvalue weighted by molar-refractivity contribution is 6.00. The Balaban J connectivity index is 1.64. The van der Waals surface area contributed by atoms with Gasteiger partial charge in [-0.3, -0.25) is 0 Å². The van der Waals surface area contributed by atoms with Gasteiger partial charge in [-0.05, 0) is 48.6 Å². The van der Waals surface area contributed by atoms with Crippen LogP contribution in [0.3, 0.4) is 0 Å². The van der Waals surface area contributed by atoms with Crippen LogP contribution >= 0.6 is 0 Å². The smallest absolute Gasteiger partial charge is 0.200 e. The van der Waals surface area contributed by atoms with Crippen LogP contribution in [0.4, 0.5) is 67.2 Å². The van der Waals surface area contributed by atoms with Crippen LogP contribution in [0.5, 0.6) is 0 Å². The zero-order valence-electron chi connectivity index (χ0n) is 28.8. The van der Waals surface area contributed by atoms with Gasteiger partial charge in [-0.1, -0.05) is 0 Å². The number of nitrogens with zero attached hydrogens (tertiary/aromatic N) is 2. The van der Waals surface area contributed by atoms with E-state index in [4.69, 9.17) is 0 Å². The van der Waals surface area contributed by atoms with Crippen molar-refractivity contribution in [2.75, 3.05) is 19.0 Å². The van der Waals surface area contributed by atoms with Gasteiger partial charge in [-0.25, -0.2) is 66.4 Å². The average molecular weight is 822 g/mol. The highest BCUT2D eigenvalue weighted by atomic mass is 19.2. The van der Waals surface area contributed by atoms with E-state index in [1.807, 2.05) is 0 Å². The van der Waals surface area contributed by atoms with E-state index in [9.17, 15) is 26.3 Å². The number of benzene rings is 3. The number of halogens is 14. The van der Waals surface area contributed by atoms with Crippen molar-refractivity contribution in [2.45, 2.75) is 0 Å². The third-order valence-corrected chi connectivity index (χ3v) is 9.43. The second-order valence-electron chi connectivity index (χ2n) is 13.0. The summed E-state index contributed by atoms with van der Waals surface area (Å²) < 4.78 is 213. The molecule has 19 heteroatoms. The second-order valence-corrected chi connectivity index (χ2v) is 13.0. The molecule has 0 radical (unpaired) electrons. The largest absolute Gasteiger partial charge is 0.373 e. The van der Waals surface area contributed by atoms with E-state index < -0.39 is 148 Å². The van der Waals surface area contributed by atoms with Gasteiger partial charge in [0.2, 0.25) is 11.6 Å². The molecule has 4 aromatic heterocycles. The molecule has 0 saturated carbocycles. The van der Waals surface area contributed by atoms with Crippen LogP contribution in [0.15, 0.2) is 36.4 Å². The summed E-state index contributed by atoms with van der Waals surface area (Å²) in [4.78, 5) is 12.8. The van der Waals surface area contributed by atoms with Gasteiger partial charge in [0.1, 0.15) is 5.69 Å². The predicted octanol–water partition coefficient (Wildman–Crippen LogP) is 11.7. The first-order valence-electron chi connectivity index (χ1n) is 16.4. The number of rotatable bonds is 4. The van der Waals surface area contributed by atoms with Gasteiger partial charge in [-0.2, -0.15) is 0 Å². The summed E-state index contributed by atoms with van der Waals surface area (Å²) in [5.41, 5.74) is -11.5. The number of aromatic nitrogens is 4. The van der Waals surface area contributed by atoms with Crippen molar-refractivity contribution >= 4 is 50.9 Å². The fraction of sp³-hybridized carbons (Fsp3) is 0.0513. The van der Waals surface area contributed by atoms with Crippen LogP contribution < -0.4 is 4.90 Å². The maximum absolute atomic E-state index is 16.1. The van der Waals surface area contributed by atoms with E-state index in [0.717, 1.165) is 50.5 Å². The van der Waals surface area contributed by atoms with Gasteiger partial charge in [-0.15, -0.1) is 0 Å². The summed E-state index contributed by atoms with van der Waals surface area (Å²) >= 11 is 0. The molecular formula is C39H17F14N5. The lowest BCUT2D eigenvalue weighted by molar-refractivity contribution is 0.381. The minimum atomic E-state index is -2.51. The average Bonchev–Trinajstić information content (AvgIpc) is 4.04. The lowest BCUT2D eigenvalue weighted by Gasteiger charge is -2.18. The van der Waals surface area contributed by atoms with E-state index in [1.165, 1.54) is 12.1 Å². The van der Waals surface area contributed by atoms with Crippen LogP contribution in [0, 0.1) is 81.4 Å². The van der Waals surface area contributed by atoms with Gasteiger partial charge in [0.15, 0.2) is 69.8 Å². The molecule has 5 heterocycles. The first kappa shape index (κ1) is 38.1. The molecule has 3 aromatic carbocycles. The van der Waals surface area contributed by atoms with E-state index in [2.05, 4.69) is 19.9 Å². The van der Waals surface area contributed by atoms with Gasteiger partial charge in [0, 0.05) is 52.9 Å². The molecule has 0 saturated heterocycles. The summed E-state index contributed by atoms with van der Waals surface area (Å²) in [5.74, 6) is -31.6. The number of hydrogen-bond donors (Lipinski definition) is 3. The molecule has 0 spiro atoms. The van der Waals surface area contributed by atoms with Crippen LogP contribution in [0.1, 0.15) is 11.4 Å². The zero-order valence-corrected chi connectivity index (χ0v) is 28.8. The Morgan fingerprint density at radius 2 is 0.586 bits per heavy atom. The SMILES string of the molecule is CN(C)c1c(F)c(F)c(-c2c3nc(c(-c4c(F)c(F)c(F)c(F)c4F)c4ccc([nH]4)c4ccc([nH]4)c(-c4c(F)c(F)c(F)c(F)c4F)c4ccc2[nH]4)C=C3)c(F)c1F. The lowest BCUT2D eigenvalue weighted by Crippen LogP contribution is -2.16. The summed E-state index contributed by atoms with van der Waals surface area (Å²) in [6.45, 7) is 0. The van der Waals surface area contributed by atoms with Crippen LogP contribution in [-0.2, 0) is 0 Å². The number of hydrogen-bond acceptors (Lipinski definition) is 2. The van der Waals surface area contributed by atoms with Gasteiger partial charge in [0.05, 0.1) is 39.1 Å². The fourth-order valence-electron chi connectivity index (χ4n) is 6.82. The zero-order chi connectivity index (χ0) is 41.8. The molecule has 0 aliphatic carbocycles. The van der Waals surface area contributed by atoms with Crippen molar-refractivity contribution in [3.63, 3.8) is 0 Å². The summed E-state index contributed by atoms with van der Waals surface area (Å²) in [6.07, 6.45) is 1.81. The van der Waals surface area contributed by atoms with E-state index in [-0.39, 0.29) is 16.6 Å². The van der Waals surface area contributed by atoms with E-state index in [0.29, 0.717) is 4.90 Å². The highest BCUT2D eigenvalue weighted by Crippen LogP contribution is 2.43. The molecule has 0 unspecified atom stereocenters. The van der Waals surface area contributed by atoms with Crippen molar-refractivity contribution < 1.29 is 61.5 Å². The molecule has 7 aromatic rings. The van der Waals surface area contributed by atoms with Gasteiger partial charge in [0.25, 0.3) is 0 Å². The molecule has 0 amide bonds. The molecule has 8 rings (SSSR count). The highest BCUT2D eigenvalue weighted by Gasteiger charge is 2.33. The molecule has 8 bridgehead atoms. The maximum Gasteiger partial charge on any atom is 0.200 e. The Hall–Kier alpha value is -6.79. The molecule has 3 N–H and O–H groups in total. The monoisotopic (exact) mass is 821 g/mol. The van der Waals surface area contributed by atoms with Crippen LogP contribution in [0.25, 0.3) is 78.6 Å². The number of H-pyrrole nitrogens is 3. The molecule has 296 valence electrons. The standard InChI is InChI=1S/C39H17F14N5/c1-58(2)39-37(52)29(44)24(30(45)38(39)53)21-17-9-7-15(56-17)19(22-25(40)31(46)35(50)32(47)26(22)41)13-5-3-11(54-13)12-4-6-14(55-12)20(16-8-10-18(21)57-16)23-27(42)33(48)36(51)34(49)28(23)43/h3-10,54-56H,1-2H3. The van der Waals surface area contributed by atoms with Crippen LogP contribution in [0.2, 0.25) is 0 Å². The minimum absolute atomic E-state index is 0.0412. The fourth-order valence-corrected chi connectivity index (χ4v) is 6.82. The predicted molar refractivity (Wildman–Crippen MR) is 185 cm³/mol. The Morgan fingerprint density at radius 1 is 0.328 bits per heavy atom. The Morgan fingerprint density at radius 3 is 0.931 bits per heavy atom. The first-order valence-corrected chi connectivity index (χ1v) is 16.4. The van der Waals surface area contributed by atoms with Crippen molar-refractivity contribution in [3.05, 3.63) is 129 Å². The molecule has 1 aliphatic heterocycles. The second kappa shape index (κ2) is 13.4. The Labute approximate surface area is 313 Å². The Kier molecular flexibility index (Phi) is 8.81. The topological polar surface area (TPSA) is 63.5 Å². The summed E-state index contributed by atoms with van der Waals surface area (Å²) in [7, 11) is 2.12. The van der Waals surface area contributed by atoms with Crippen molar-refractivity contribution in [3.8, 4) is 33.4 Å². The van der Waals surface area contributed by atoms with Crippen molar-refractivity contribution in [1.82, 2.24) is 19.9 Å². The first-order chi connectivity index (χ1) is 27.4. The van der Waals surface area contributed by atoms with Crippen LogP contribution in [-0.4, -0.2) is 34.0 Å². The molecule has 0 atom stereocenters. The minimum Gasteiger partial charge on any atom is -0.373 e. The number of anilines is 1. The van der Waals surface area contributed by atoms with Gasteiger partial charge >= 0.3 is 0 Å². The van der Waals surface area contributed by atoms with Crippen molar-refractivity contribution in [1.29, 1.82) is 0 Å². The van der Waals surface area contributed by atoms with Gasteiger partial charge < -0.3 is 19.9 Å². The lowest BCUT2D eigenvalue weighted by atomic mass is 10.0. The molecule has 0 fully saturated rings. The number of nitrogens with one attached hydrogen (secondary N) is 3. The quantitative estimate of drug-likeness (QED) is 0.0941. The van der Waals surface area contributed by atoms with E-state index >= 15 is 35.1 Å². The molecule has 58 heavy (non-hydrogen) atoms. The number of aromatic amines is 3. The normalized spacial score (nSPS) is 12.1. The maximum atomic E-state index is 16.1. The molecule has 1 aliphatic rings. The Bertz CT molecular complexity index is 3020. The number of fused-ring (bicyclic) bond motifs is 9. The molecule has 5 nitrogen and oxygen atoms in total.